The van der Waals surface area contributed by atoms with Crippen LogP contribution in [0.3, 0.4) is 0 Å². The molecule has 0 radical (unpaired) electrons. The van der Waals surface area contributed by atoms with Gasteiger partial charge in [-0.05, 0) is 148 Å². The summed E-state index contributed by atoms with van der Waals surface area (Å²) in [5, 5.41) is 0. The molecule has 0 atom stereocenters. The minimum atomic E-state index is -0.124. The van der Waals surface area contributed by atoms with Gasteiger partial charge < -0.3 is 19.6 Å². The average Bonchev–Trinajstić information content (AvgIpc) is 3.30. The lowest BCUT2D eigenvalue weighted by atomic mass is 9.30. The fourth-order valence-corrected chi connectivity index (χ4v) is 11.1. The Balaban J connectivity index is 1.29. The van der Waals surface area contributed by atoms with Gasteiger partial charge in [0, 0.05) is 68.8 Å². The van der Waals surface area contributed by atoms with E-state index in [1.807, 2.05) is 12.2 Å². The van der Waals surface area contributed by atoms with Gasteiger partial charge >= 0.3 is 0 Å². The fraction of sp³-hybridized carbons (Fsp3) is 0.186. The molecule has 318 valence electrons. The first kappa shape index (κ1) is 40.8. The molecule has 4 aliphatic heterocycles. The quantitative estimate of drug-likeness (QED) is 0.122. The van der Waals surface area contributed by atoms with E-state index in [9.17, 15) is 0 Å². The Kier molecular flexibility index (Phi) is 9.48. The molecule has 0 N–H and O–H groups in total. The molecule has 1 aliphatic carbocycles. The summed E-state index contributed by atoms with van der Waals surface area (Å²) in [6, 6.07) is 46.1. The molecule has 11 rings (SSSR count). The van der Waals surface area contributed by atoms with E-state index in [0.717, 1.165) is 29.9 Å². The largest absolute Gasteiger partial charge is 0.319 e. The van der Waals surface area contributed by atoms with Crippen LogP contribution >= 0.6 is 0 Å². The van der Waals surface area contributed by atoms with E-state index in [1.54, 1.807) is 0 Å². The number of hydrogen-bond acceptors (Lipinski definition) is 4. The van der Waals surface area contributed by atoms with Crippen molar-refractivity contribution in [2.24, 2.45) is 0 Å². The lowest BCUT2D eigenvalue weighted by Gasteiger charge is -2.48. The van der Waals surface area contributed by atoms with Crippen molar-refractivity contribution in [1.82, 2.24) is 0 Å². The highest BCUT2D eigenvalue weighted by atomic mass is 15.2. The van der Waals surface area contributed by atoms with Crippen LogP contribution in [-0.2, 0) is 10.8 Å². The van der Waals surface area contributed by atoms with Gasteiger partial charge in [0.25, 0.3) is 6.71 Å². The molecule has 0 bridgehead atoms. The maximum atomic E-state index is 4.86. The molecule has 0 aromatic heterocycles. The van der Waals surface area contributed by atoms with E-state index < -0.39 is 0 Å². The molecule has 0 unspecified atom stereocenters. The van der Waals surface area contributed by atoms with Crippen molar-refractivity contribution >= 4 is 91.9 Å². The van der Waals surface area contributed by atoms with E-state index in [0.29, 0.717) is 0 Å². The lowest BCUT2D eigenvalue weighted by molar-refractivity contribution is 0.590. The highest BCUT2D eigenvalue weighted by Gasteiger charge is 2.49. The van der Waals surface area contributed by atoms with Crippen LogP contribution in [0.5, 0.6) is 0 Å². The molecule has 0 fully saturated rings. The van der Waals surface area contributed by atoms with Crippen molar-refractivity contribution in [3.8, 4) is 0 Å². The third-order valence-electron chi connectivity index (χ3n) is 14.2. The van der Waals surface area contributed by atoms with Crippen LogP contribution < -0.4 is 46.9 Å². The summed E-state index contributed by atoms with van der Waals surface area (Å²) in [5.74, 6) is 0. The van der Waals surface area contributed by atoms with Crippen LogP contribution in [0.4, 0.5) is 51.2 Å². The van der Waals surface area contributed by atoms with E-state index in [-0.39, 0.29) is 24.3 Å². The van der Waals surface area contributed by atoms with Crippen LogP contribution in [0, 0.1) is 0 Å². The van der Waals surface area contributed by atoms with E-state index in [4.69, 9.17) is 6.58 Å². The Labute approximate surface area is 387 Å². The van der Waals surface area contributed by atoms with E-state index in [1.165, 1.54) is 89.4 Å². The Morgan fingerprint density at radius 2 is 1.15 bits per heavy atom. The standard InChI is InChI=1S/C59H56B2N4/c1-10-12-23-39(3)63-50-37-47-51(38-46(50)61-45-29-20-22-31-49(45)64(42-24-15-13-16-25-42)55-36-41(59(7,8)9)34-53(63)57(55)61)65(43-26-17-14-18-27-43)54-35-40(58(4,5)6)33-52-56(54)60(47)44-28-19-21-30-48(44)62(52)32-11-2/h10-18,20-27,29-38H,1,3,19,28H2,2,4-9H3/b23-12-,32-11+. The summed E-state index contributed by atoms with van der Waals surface area (Å²) in [4.78, 5) is 10.0. The summed E-state index contributed by atoms with van der Waals surface area (Å²) in [7, 11) is 0. The molecular weight excluding hydrogens is 786 g/mol. The number of para-hydroxylation sites is 3. The van der Waals surface area contributed by atoms with Crippen molar-refractivity contribution in [2.75, 3.05) is 19.6 Å². The van der Waals surface area contributed by atoms with Gasteiger partial charge in [0.2, 0.25) is 6.71 Å². The second-order valence-corrected chi connectivity index (χ2v) is 20.2. The minimum absolute atomic E-state index is 0.0441. The Bertz CT molecular complexity index is 3090. The lowest BCUT2D eigenvalue weighted by Crippen LogP contribution is -2.63. The number of allylic oxidation sites excluding steroid dienone is 7. The zero-order chi connectivity index (χ0) is 44.9. The number of nitrogens with zero attached hydrogens (tertiary/aromatic N) is 4. The summed E-state index contributed by atoms with van der Waals surface area (Å²) < 4.78 is 0. The predicted octanol–water partition coefficient (Wildman–Crippen LogP) is 12.2. The van der Waals surface area contributed by atoms with Gasteiger partial charge in [-0.1, -0.05) is 139 Å². The van der Waals surface area contributed by atoms with Gasteiger partial charge in [-0.2, -0.15) is 0 Å². The molecule has 0 saturated heterocycles. The van der Waals surface area contributed by atoms with Crippen molar-refractivity contribution in [3.05, 3.63) is 205 Å². The molecule has 0 spiro atoms. The average molecular weight is 843 g/mol. The first-order chi connectivity index (χ1) is 31.4. The van der Waals surface area contributed by atoms with E-state index >= 15 is 0 Å². The van der Waals surface area contributed by atoms with Gasteiger partial charge in [0.15, 0.2) is 0 Å². The number of rotatable bonds is 6. The van der Waals surface area contributed by atoms with Crippen LogP contribution in [-0.4, -0.2) is 13.4 Å². The molecule has 4 nitrogen and oxygen atoms in total. The van der Waals surface area contributed by atoms with Crippen molar-refractivity contribution in [2.45, 2.75) is 72.1 Å². The van der Waals surface area contributed by atoms with Crippen molar-refractivity contribution in [1.29, 1.82) is 0 Å². The molecule has 0 amide bonds. The zero-order valence-corrected chi connectivity index (χ0v) is 38.9. The van der Waals surface area contributed by atoms with Crippen molar-refractivity contribution in [3.63, 3.8) is 0 Å². The Morgan fingerprint density at radius 1 is 0.600 bits per heavy atom. The summed E-state index contributed by atoms with van der Waals surface area (Å²) in [5.41, 5.74) is 23.4. The number of hydrogen-bond donors (Lipinski definition) is 0. The maximum absolute atomic E-state index is 4.86. The molecule has 0 saturated carbocycles. The first-order valence-corrected chi connectivity index (χ1v) is 23.3. The SMILES string of the molecule is C=C/C=C\C(=C)N1c2cc3c(cc2B2c4ccccc4N(c4ccccc4)c4cc(C(C)(C)C)cc1c42)N(c1ccccc1)c1cc(C(C)(C)C)cc2c1B3C1=C(C=CCC1)N2/C=C/C. The van der Waals surface area contributed by atoms with E-state index in [2.05, 4.69) is 226 Å². The van der Waals surface area contributed by atoms with Gasteiger partial charge in [-0.15, -0.1) is 0 Å². The normalized spacial score (nSPS) is 15.8. The molecular formula is C59H56B2N4. The topological polar surface area (TPSA) is 13.0 Å². The zero-order valence-electron chi connectivity index (χ0n) is 38.9. The summed E-state index contributed by atoms with van der Waals surface area (Å²) in [6.45, 7) is 25.1. The Morgan fingerprint density at radius 3 is 1.78 bits per heavy atom. The number of benzene rings is 6. The minimum Gasteiger partial charge on any atom is -0.319 e. The van der Waals surface area contributed by atoms with Crippen LogP contribution in [0.1, 0.15) is 72.4 Å². The number of anilines is 9. The van der Waals surface area contributed by atoms with Gasteiger partial charge in [0.1, 0.15) is 0 Å². The van der Waals surface area contributed by atoms with Gasteiger partial charge in [-0.3, -0.25) is 0 Å². The molecule has 6 aromatic rings. The second kappa shape index (κ2) is 15.1. The molecule has 6 aromatic carbocycles. The summed E-state index contributed by atoms with van der Waals surface area (Å²) in [6.07, 6.45) is 17.2. The molecule has 65 heavy (non-hydrogen) atoms. The third kappa shape index (κ3) is 6.28. The second-order valence-electron chi connectivity index (χ2n) is 20.2. The van der Waals surface area contributed by atoms with Gasteiger partial charge in [-0.25, -0.2) is 0 Å². The third-order valence-corrected chi connectivity index (χ3v) is 14.2. The summed E-state index contributed by atoms with van der Waals surface area (Å²) >= 11 is 0. The van der Waals surface area contributed by atoms with Crippen LogP contribution in [0.2, 0.25) is 0 Å². The van der Waals surface area contributed by atoms with Gasteiger partial charge in [0.05, 0.1) is 0 Å². The number of fused-ring (bicyclic) bond motifs is 7. The van der Waals surface area contributed by atoms with Crippen molar-refractivity contribution < 1.29 is 0 Å². The highest BCUT2D eigenvalue weighted by molar-refractivity contribution is 7.01. The fourth-order valence-electron chi connectivity index (χ4n) is 11.1. The first-order valence-electron chi connectivity index (χ1n) is 23.3. The Hall–Kier alpha value is -6.91. The maximum Gasteiger partial charge on any atom is 0.252 e. The highest BCUT2D eigenvalue weighted by Crippen LogP contribution is 2.49. The monoisotopic (exact) mass is 842 g/mol. The molecule has 4 heterocycles. The molecule has 6 heteroatoms. The molecule has 5 aliphatic rings. The van der Waals surface area contributed by atoms with Crippen LogP contribution in [0.25, 0.3) is 0 Å². The predicted molar refractivity (Wildman–Crippen MR) is 283 cm³/mol. The van der Waals surface area contributed by atoms with Crippen LogP contribution in [0.15, 0.2) is 194 Å². The smallest absolute Gasteiger partial charge is 0.252 e.